The molecule has 0 saturated carbocycles. The largest absolute Gasteiger partial charge is 0.497 e. The van der Waals surface area contributed by atoms with Crippen LogP contribution in [0.4, 0.5) is 18.9 Å². The summed E-state index contributed by atoms with van der Waals surface area (Å²) < 4.78 is 46.8. The van der Waals surface area contributed by atoms with Crippen molar-refractivity contribution in [1.29, 1.82) is 0 Å². The molecular weight excluding hydrogens is 497 g/mol. The van der Waals surface area contributed by atoms with E-state index in [1.165, 1.54) is 19.2 Å². The van der Waals surface area contributed by atoms with Gasteiger partial charge in [-0.3, -0.25) is 14.4 Å². The highest BCUT2D eigenvalue weighted by Crippen LogP contribution is 2.54. The number of ether oxygens (including phenoxy) is 1. The number of carbonyl (C=O) groups is 3. The molecule has 2 fully saturated rings. The summed E-state index contributed by atoms with van der Waals surface area (Å²) in [7, 11) is 1.50. The summed E-state index contributed by atoms with van der Waals surface area (Å²) in [5, 5.41) is 0. The third-order valence-electron chi connectivity index (χ3n) is 7.56. The second-order valence-corrected chi connectivity index (χ2v) is 9.45. The zero-order chi connectivity index (χ0) is 26.8. The molecule has 2 saturated heterocycles. The van der Waals surface area contributed by atoms with E-state index in [-0.39, 0.29) is 0 Å². The van der Waals surface area contributed by atoms with Crippen LogP contribution >= 0.6 is 0 Å². The second-order valence-electron chi connectivity index (χ2n) is 9.45. The van der Waals surface area contributed by atoms with Gasteiger partial charge in [0.15, 0.2) is 5.78 Å². The minimum atomic E-state index is -4.78. The van der Waals surface area contributed by atoms with Crippen LogP contribution in [0.1, 0.15) is 33.1 Å². The summed E-state index contributed by atoms with van der Waals surface area (Å²) in [6.45, 7) is 0. The van der Waals surface area contributed by atoms with Crippen molar-refractivity contribution in [3.8, 4) is 5.75 Å². The predicted octanol–water partition coefficient (Wildman–Crippen LogP) is 5.11. The first-order valence-corrected chi connectivity index (χ1v) is 12.0. The van der Waals surface area contributed by atoms with Crippen molar-refractivity contribution in [3.05, 3.63) is 101 Å². The number of ketones is 1. The Balaban J connectivity index is 1.50. The summed E-state index contributed by atoms with van der Waals surface area (Å²) in [5.41, 5.74) is 0.255. The summed E-state index contributed by atoms with van der Waals surface area (Å²) in [6, 6.07) is 16.4. The van der Waals surface area contributed by atoms with Crippen molar-refractivity contribution >= 4 is 29.4 Å². The number of benzene rings is 3. The molecule has 0 unspecified atom stereocenters. The fourth-order valence-corrected chi connectivity index (χ4v) is 5.93. The number of alkyl halides is 3. The predicted molar refractivity (Wildman–Crippen MR) is 132 cm³/mol. The van der Waals surface area contributed by atoms with Crippen molar-refractivity contribution in [3.63, 3.8) is 0 Å². The van der Waals surface area contributed by atoms with Gasteiger partial charge >= 0.3 is 6.18 Å². The Morgan fingerprint density at radius 3 is 2.24 bits per heavy atom. The molecule has 2 amide bonds. The summed E-state index contributed by atoms with van der Waals surface area (Å²) >= 11 is 0. The number of carbonyl (C=O) groups excluding carboxylic acids is 3. The lowest BCUT2D eigenvalue weighted by Crippen LogP contribution is -2.44. The van der Waals surface area contributed by atoms with Gasteiger partial charge in [-0.25, -0.2) is 4.90 Å². The third kappa shape index (κ3) is 3.45. The van der Waals surface area contributed by atoms with Gasteiger partial charge in [0.1, 0.15) is 11.8 Å². The number of halogens is 3. The quantitative estimate of drug-likeness (QED) is 0.355. The molecule has 38 heavy (non-hydrogen) atoms. The van der Waals surface area contributed by atoms with Crippen LogP contribution in [0.5, 0.6) is 5.75 Å². The molecule has 3 aromatic carbocycles. The van der Waals surface area contributed by atoms with Crippen LogP contribution < -0.4 is 9.64 Å². The molecule has 6 nitrogen and oxygen atoms in total. The Labute approximate surface area is 215 Å². The van der Waals surface area contributed by atoms with Crippen LogP contribution in [0.3, 0.4) is 0 Å². The zero-order valence-corrected chi connectivity index (χ0v) is 20.1. The van der Waals surface area contributed by atoms with E-state index >= 15 is 0 Å². The number of methoxy groups -OCH3 is 1. The number of anilines is 1. The van der Waals surface area contributed by atoms with Crippen molar-refractivity contribution < 1.29 is 32.3 Å². The average Bonchev–Trinajstić information content (AvgIpc) is 3.40. The number of para-hydroxylation sites is 1. The highest BCUT2D eigenvalue weighted by molar-refractivity contribution is 6.25. The molecule has 9 heteroatoms. The first-order valence-electron chi connectivity index (χ1n) is 12.0. The van der Waals surface area contributed by atoms with Crippen LogP contribution in [0.25, 0.3) is 6.08 Å². The molecule has 0 bridgehead atoms. The zero-order valence-electron chi connectivity index (χ0n) is 20.1. The number of nitrogens with zero attached hydrogens (tertiary/aromatic N) is 2. The highest BCUT2D eigenvalue weighted by Gasteiger charge is 2.65. The lowest BCUT2D eigenvalue weighted by molar-refractivity contribution is -0.137. The van der Waals surface area contributed by atoms with Gasteiger partial charge in [-0.2, -0.15) is 13.2 Å². The number of hydrogen-bond donors (Lipinski definition) is 0. The summed E-state index contributed by atoms with van der Waals surface area (Å²) in [6.07, 6.45) is -1.27. The number of fused-ring (bicyclic) bond motifs is 5. The van der Waals surface area contributed by atoms with Gasteiger partial charge in [-0.15, -0.1) is 0 Å². The first kappa shape index (κ1) is 24.0. The molecular formula is C29H21F3N2O4. The van der Waals surface area contributed by atoms with Gasteiger partial charge in [0, 0.05) is 11.8 Å². The minimum Gasteiger partial charge on any atom is -0.497 e. The Kier molecular flexibility index (Phi) is 5.41. The maximum absolute atomic E-state index is 13.9. The highest BCUT2D eigenvalue weighted by atomic mass is 19.4. The Morgan fingerprint density at radius 2 is 1.53 bits per heavy atom. The Morgan fingerprint density at radius 1 is 0.868 bits per heavy atom. The Hall–Kier alpha value is -4.40. The van der Waals surface area contributed by atoms with Crippen molar-refractivity contribution in [1.82, 2.24) is 4.90 Å². The fraction of sp³-hybridized carbons (Fsp3) is 0.207. The Bertz CT molecular complexity index is 1500. The van der Waals surface area contributed by atoms with Crippen molar-refractivity contribution in [2.45, 2.75) is 18.3 Å². The van der Waals surface area contributed by atoms with E-state index in [0.29, 0.717) is 16.2 Å². The molecule has 3 aliphatic rings. The van der Waals surface area contributed by atoms with E-state index in [1.807, 2.05) is 24.3 Å². The molecule has 3 heterocycles. The minimum absolute atomic E-state index is 0.303. The number of Topliss-reactive ketones (excluding diaryl/α,β-unsaturated/α-hetero) is 1. The van der Waals surface area contributed by atoms with Gasteiger partial charge in [-0.1, -0.05) is 36.4 Å². The molecule has 4 atom stereocenters. The van der Waals surface area contributed by atoms with Crippen molar-refractivity contribution in [2.24, 2.45) is 11.8 Å². The molecule has 192 valence electrons. The van der Waals surface area contributed by atoms with Crippen LogP contribution in [0.15, 0.2) is 79.0 Å². The molecule has 0 radical (unpaired) electrons. The normalized spacial score (nSPS) is 23.8. The van der Waals surface area contributed by atoms with Crippen LogP contribution in [-0.4, -0.2) is 35.6 Å². The molecule has 3 aromatic rings. The monoisotopic (exact) mass is 518 g/mol. The molecule has 3 aliphatic heterocycles. The number of amides is 2. The van der Waals surface area contributed by atoms with E-state index in [2.05, 4.69) is 0 Å². The lowest BCUT2D eigenvalue weighted by Gasteiger charge is -2.35. The molecule has 0 spiro atoms. The molecule has 0 N–H and O–H groups in total. The number of rotatable bonds is 4. The number of imide groups is 1. The van der Waals surface area contributed by atoms with Gasteiger partial charge in [-0.05, 0) is 53.6 Å². The first-order chi connectivity index (χ1) is 18.2. The van der Waals surface area contributed by atoms with E-state index in [0.717, 1.165) is 23.3 Å². The van der Waals surface area contributed by atoms with Gasteiger partial charge in [0.25, 0.3) is 0 Å². The maximum atomic E-state index is 13.9. The molecule has 0 aliphatic carbocycles. The van der Waals surface area contributed by atoms with Crippen LogP contribution in [-0.2, 0) is 15.8 Å². The lowest BCUT2D eigenvalue weighted by atomic mass is 9.83. The third-order valence-corrected chi connectivity index (χ3v) is 7.56. The van der Waals surface area contributed by atoms with Gasteiger partial charge in [0.2, 0.25) is 11.8 Å². The molecule has 6 rings (SSSR count). The molecule has 0 aromatic heterocycles. The van der Waals surface area contributed by atoms with Gasteiger partial charge in [0.05, 0.1) is 36.2 Å². The number of hydrogen-bond acceptors (Lipinski definition) is 5. The van der Waals surface area contributed by atoms with E-state index in [1.54, 1.807) is 41.4 Å². The summed E-state index contributed by atoms with van der Waals surface area (Å²) in [4.78, 5) is 44.0. The standard InChI is InChI=1S/C29H21F3N2O4/c1-38-18-12-10-17(11-13-18)26(35)25-23-22(24-19-7-3-2-6-16(19)14-15-33(24)25)27(36)34(28(23)37)21-9-5-4-8-20(21)29(30,31)32/h2-15,22-25H,1H3/t22-,23+,24+,25-/m0/s1. The van der Waals surface area contributed by atoms with Crippen LogP contribution in [0, 0.1) is 11.8 Å². The maximum Gasteiger partial charge on any atom is 0.418 e. The second kappa shape index (κ2) is 8.58. The van der Waals surface area contributed by atoms with Crippen molar-refractivity contribution in [2.75, 3.05) is 12.0 Å². The fourth-order valence-electron chi connectivity index (χ4n) is 5.93. The topological polar surface area (TPSA) is 66.9 Å². The van der Waals surface area contributed by atoms with Crippen LogP contribution in [0.2, 0.25) is 0 Å². The van der Waals surface area contributed by atoms with E-state index in [9.17, 15) is 27.6 Å². The average molecular weight is 518 g/mol. The summed E-state index contributed by atoms with van der Waals surface area (Å²) in [5.74, 6) is -3.63. The van der Waals surface area contributed by atoms with Gasteiger partial charge < -0.3 is 9.64 Å². The SMILES string of the molecule is COc1ccc(C(=O)[C@@H]2[C@@H]3C(=O)N(c4ccccc4C(F)(F)F)C(=O)[C@@H]3[C@H]3c4ccccc4C=CN23)cc1. The van der Waals surface area contributed by atoms with E-state index < -0.39 is 58.9 Å². The smallest absolute Gasteiger partial charge is 0.418 e. The van der Waals surface area contributed by atoms with E-state index in [4.69, 9.17) is 4.74 Å².